The molecule has 2 fully saturated rings. The lowest BCUT2D eigenvalue weighted by Crippen LogP contribution is -2.59. The molecule has 0 radical (unpaired) electrons. The van der Waals surface area contributed by atoms with Crippen molar-refractivity contribution in [2.75, 3.05) is 13.6 Å². The van der Waals surface area contributed by atoms with Crippen molar-refractivity contribution in [3.8, 4) is 5.75 Å². The number of halogens is 2. The summed E-state index contributed by atoms with van der Waals surface area (Å²) in [5.41, 5.74) is 2.85. The number of nitrogens with zero attached hydrogens (tertiary/aromatic N) is 1. The number of piperidine rings is 1. The van der Waals surface area contributed by atoms with E-state index in [1.807, 2.05) is 12.1 Å². The minimum Gasteiger partial charge on any atom is -0.435 e. The van der Waals surface area contributed by atoms with Crippen LogP contribution < -0.4 is 4.74 Å². The number of hydrogen-bond acceptors (Lipinski definition) is 2. The second kappa shape index (κ2) is 5.19. The molecule has 120 valence electrons. The minimum absolute atomic E-state index is 0.199. The van der Waals surface area contributed by atoms with Crippen LogP contribution >= 0.6 is 0 Å². The Balaban J connectivity index is 1.80. The molecule has 1 aliphatic heterocycles. The standard InChI is InChI=1S/C18H23F2NO/c1-21-9-8-18-7-3-2-4-14(18)16(21)10-12-5-6-13(11-15(12)18)22-17(19)20/h5-6,11,14,16-17H,2-4,7-10H2,1H3/t14-,16+,18?/m1/s1. The number of ether oxygens (including phenoxy) is 1. The highest BCUT2D eigenvalue weighted by Crippen LogP contribution is 2.55. The highest BCUT2D eigenvalue weighted by molar-refractivity contribution is 5.45. The minimum atomic E-state index is -2.74. The smallest absolute Gasteiger partial charge is 0.387 e. The first kappa shape index (κ1) is 14.4. The first-order chi connectivity index (χ1) is 10.6. The first-order valence-electron chi connectivity index (χ1n) is 8.39. The van der Waals surface area contributed by atoms with Crippen molar-refractivity contribution in [3.63, 3.8) is 0 Å². The van der Waals surface area contributed by atoms with Crippen molar-refractivity contribution in [1.29, 1.82) is 0 Å². The highest BCUT2D eigenvalue weighted by Gasteiger charge is 2.53. The lowest BCUT2D eigenvalue weighted by atomic mass is 9.52. The number of likely N-dealkylation sites (N-methyl/N-ethyl adjacent to an activating group) is 1. The molecule has 2 aliphatic carbocycles. The zero-order chi connectivity index (χ0) is 15.3. The summed E-state index contributed by atoms with van der Waals surface area (Å²) in [4.78, 5) is 2.51. The van der Waals surface area contributed by atoms with Gasteiger partial charge >= 0.3 is 6.61 Å². The van der Waals surface area contributed by atoms with Gasteiger partial charge in [0.2, 0.25) is 0 Å². The number of alkyl halides is 2. The van der Waals surface area contributed by atoms with E-state index in [1.54, 1.807) is 6.07 Å². The first-order valence-corrected chi connectivity index (χ1v) is 8.39. The lowest BCUT2D eigenvalue weighted by molar-refractivity contribution is -0.0503. The summed E-state index contributed by atoms with van der Waals surface area (Å²) < 4.78 is 29.8. The summed E-state index contributed by atoms with van der Waals surface area (Å²) in [5.74, 6) is 0.999. The quantitative estimate of drug-likeness (QED) is 0.819. The summed E-state index contributed by atoms with van der Waals surface area (Å²) in [7, 11) is 2.24. The fraction of sp³-hybridized carbons (Fsp3) is 0.667. The average Bonchev–Trinajstić information content (AvgIpc) is 2.51. The Hall–Kier alpha value is -1.16. The molecule has 1 unspecified atom stereocenters. The SMILES string of the molecule is CN1CCC23CCCC[C@@H]2[C@@H]1Cc1ccc(OC(F)F)cc13. The van der Waals surface area contributed by atoms with Crippen LogP contribution in [0.2, 0.25) is 0 Å². The third kappa shape index (κ3) is 2.07. The van der Waals surface area contributed by atoms with E-state index in [0.717, 1.165) is 19.4 Å². The van der Waals surface area contributed by atoms with E-state index in [2.05, 4.69) is 16.7 Å². The van der Waals surface area contributed by atoms with E-state index < -0.39 is 6.61 Å². The van der Waals surface area contributed by atoms with Gasteiger partial charge in [0.1, 0.15) is 5.75 Å². The van der Waals surface area contributed by atoms with Gasteiger partial charge in [-0.1, -0.05) is 18.9 Å². The zero-order valence-electron chi connectivity index (χ0n) is 13.0. The topological polar surface area (TPSA) is 12.5 Å². The molecule has 4 heteroatoms. The molecule has 1 heterocycles. The monoisotopic (exact) mass is 307 g/mol. The molecule has 0 aromatic heterocycles. The number of benzene rings is 1. The molecule has 1 saturated heterocycles. The van der Waals surface area contributed by atoms with E-state index >= 15 is 0 Å². The summed E-state index contributed by atoms with van der Waals surface area (Å²) in [6, 6.07) is 6.26. The van der Waals surface area contributed by atoms with Gasteiger partial charge in [0.15, 0.2) is 0 Å². The van der Waals surface area contributed by atoms with Crippen molar-refractivity contribution in [2.45, 2.75) is 56.6 Å². The lowest BCUT2D eigenvalue weighted by Gasteiger charge is -2.58. The third-order valence-corrected chi connectivity index (χ3v) is 6.31. The number of fused-ring (bicyclic) bond motifs is 1. The van der Waals surface area contributed by atoms with E-state index in [9.17, 15) is 8.78 Å². The molecular weight excluding hydrogens is 284 g/mol. The summed E-state index contributed by atoms with van der Waals surface area (Å²) in [6.45, 7) is -1.63. The van der Waals surface area contributed by atoms with Gasteiger partial charge < -0.3 is 9.64 Å². The molecule has 1 aromatic rings. The summed E-state index contributed by atoms with van der Waals surface area (Å²) in [6.07, 6.45) is 7.23. The molecule has 4 rings (SSSR count). The van der Waals surface area contributed by atoms with E-state index in [1.165, 1.54) is 36.8 Å². The molecule has 0 N–H and O–H groups in total. The molecule has 1 saturated carbocycles. The Morgan fingerprint density at radius 3 is 2.95 bits per heavy atom. The molecule has 3 atom stereocenters. The Bertz CT molecular complexity index is 576. The van der Waals surface area contributed by atoms with Crippen LogP contribution in [0.25, 0.3) is 0 Å². The fourth-order valence-corrected chi connectivity index (χ4v) is 5.35. The van der Waals surface area contributed by atoms with Crippen molar-refractivity contribution in [1.82, 2.24) is 4.90 Å². The van der Waals surface area contributed by atoms with Gasteiger partial charge in [-0.15, -0.1) is 0 Å². The Morgan fingerprint density at radius 1 is 1.27 bits per heavy atom. The van der Waals surface area contributed by atoms with Gasteiger partial charge in [0.25, 0.3) is 0 Å². The fourth-order valence-electron chi connectivity index (χ4n) is 5.35. The van der Waals surface area contributed by atoms with Crippen LogP contribution in [-0.2, 0) is 11.8 Å². The van der Waals surface area contributed by atoms with Crippen LogP contribution in [0.4, 0.5) is 8.78 Å². The van der Waals surface area contributed by atoms with Gasteiger partial charge in [0, 0.05) is 11.5 Å². The second-order valence-corrected chi connectivity index (χ2v) is 7.21. The maximum atomic E-state index is 12.6. The van der Waals surface area contributed by atoms with E-state index in [-0.39, 0.29) is 5.41 Å². The second-order valence-electron chi connectivity index (χ2n) is 7.21. The number of likely N-dealkylation sites (tertiary alicyclic amines) is 1. The van der Waals surface area contributed by atoms with Crippen molar-refractivity contribution >= 4 is 0 Å². The van der Waals surface area contributed by atoms with Crippen LogP contribution in [-0.4, -0.2) is 31.1 Å². The van der Waals surface area contributed by atoms with Crippen LogP contribution in [0.15, 0.2) is 18.2 Å². The van der Waals surface area contributed by atoms with Gasteiger partial charge in [-0.3, -0.25) is 0 Å². The molecule has 0 amide bonds. The van der Waals surface area contributed by atoms with Gasteiger partial charge in [-0.25, -0.2) is 0 Å². The highest BCUT2D eigenvalue weighted by atomic mass is 19.3. The van der Waals surface area contributed by atoms with Crippen LogP contribution in [0.1, 0.15) is 43.2 Å². The van der Waals surface area contributed by atoms with Crippen molar-refractivity contribution in [3.05, 3.63) is 29.3 Å². The largest absolute Gasteiger partial charge is 0.435 e. The van der Waals surface area contributed by atoms with Crippen molar-refractivity contribution in [2.24, 2.45) is 5.92 Å². The van der Waals surface area contributed by atoms with E-state index in [0.29, 0.717) is 17.7 Å². The molecular formula is C18H23F2NO. The summed E-state index contributed by atoms with van der Waals surface area (Å²) >= 11 is 0. The van der Waals surface area contributed by atoms with Crippen LogP contribution in [0.3, 0.4) is 0 Å². The van der Waals surface area contributed by atoms with Crippen molar-refractivity contribution < 1.29 is 13.5 Å². The predicted molar refractivity (Wildman–Crippen MR) is 81.4 cm³/mol. The zero-order valence-corrected chi connectivity index (χ0v) is 13.0. The molecule has 3 aliphatic rings. The van der Waals surface area contributed by atoms with Crippen LogP contribution in [0.5, 0.6) is 5.75 Å². The van der Waals surface area contributed by atoms with Gasteiger partial charge in [0.05, 0.1) is 0 Å². The van der Waals surface area contributed by atoms with E-state index in [4.69, 9.17) is 0 Å². The summed E-state index contributed by atoms with van der Waals surface area (Å²) in [5, 5.41) is 0. The number of hydrogen-bond donors (Lipinski definition) is 0. The molecule has 2 nitrogen and oxygen atoms in total. The molecule has 2 bridgehead atoms. The third-order valence-electron chi connectivity index (χ3n) is 6.31. The normalized spacial score (nSPS) is 34.2. The predicted octanol–water partition coefficient (Wildman–Crippen LogP) is 3.98. The molecule has 0 spiro atoms. The van der Waals surface area contributed by atoms with Crippen LogP contribution in [0, 0.1) is 5.92 Å². The Labute approximate surface area is 130 Å². The molecule has 22 heavy (non-hydrogen) atoms. The van der Waals surface area contributed by atoms with Gasteiger partial charge in [-0.05, 0) is 68.5 Å². The Morgan fingerprint density at radius 2 is 2.14 bits per heavy atom. The van der Waals surface area contributed by atoms with Gasteiger partial charge in [-0.2, -0.15) is 8.78 Å². The maximum absolute atomic E-state index is 12.6. The molecule has 1 aromatic carbocycles. The maximum Gasteiger partial charge on any atom is 0.387 e. The Kier molecular flexibility index (Phi) is 3.40. The average molecular weight is 307 g/mol. The number of rotatable bonds is 2.